The minimum absolute atomic E-state index is 0.144. The Balaban J connectivity index is 2.81. The van der Waals surface area contributed by atoms with Crippen LogP contribution in [0, 0.1) is 6.92 Å². The lowest BCUT2D eigenvalue weighted by atomic mass is 10.2. The van der Waals surface area contributed by atoms with E-state index in [9.17, 15) is 0 Å². The highest BCUT2D eigenvalue weighted by Gasteiger charge is 2.12. The van der Waals surface area contributed by atoms with Gasteiger partial charge in [-0.25, -0.2) is 9.97 Å². The molecule has 1 heterocycles. The lowest BCUT2D eigenvalue weighted by Crippen LogP contribution is -2.21. The molecule has 0 spiro atoms. The van der Waals surface area contributed by atoms with Gasteiger partial charge in [-0.15, -0.1) is 0 Å². The van der Waals surface area contributed by atoms with Crippen LogP contribution >= 0.6 is 11.6 Å². The summed E-state index contributed by atoms with van der Waals surface area (Å²) in [6.45, 7) is 11.4. The summed E-state index contributed by atoms with van der Waals surface area (Å²) in [5.41, 5.74) is 0.879. The number of nitrogens with zero attached hydrogens (tertiary/aromatic N) is 2. The van der Waals surface area contributed by atoms with Crippen LogP contribution in [0.15, 0.2) is 0 Å². The molecule has 0 fully saturated rings. The molecule has 0 aliphatic rings. The number of halogens is 1. The smallest absolute Gasteiger partial charge is 0.137 e. The largest absolute Gasteiger partial charge is 0.377 e. The van der Waals surface area contributed by atoms with E-state index in [0.29, 0.717) is 18.3 Å². The van der Waals surface area contributed by atoms with Crippen molar-refractivity contribution in [3.63, 3.8) is 0 Å². The molecule has 5 heteroatoms. The maximum Gasteiger partial charge on any atom is 0.137 e. The third-order valence-electron chi connectivity index (χ3n) is 2.63. The van der Waals surface area contributed by atoms with Crippen molar-refractivity contribution in [1.29, 1.82) is 0 Å². The summed E-state index contributed by atoms with van der Waals surface area (Å²) in [5, 5.41) is 3.79. The number of rotatable bonds is 6. The summed E-state index contributed by atoms with van der Waals surface area (Å²) < 4.78 is 5.47. The van der Waals surface area contributed by atoms with E-state index in [-0.39, 0.29) is 12.0 Å². The van der Waals surface area contributed by atoms with Crippen molar-refractivity contribution in [3.05, 3.63) is 16.5 Å². The molecule has 0 radical (unpaired) electrons. The highest BCUT2D eigenvalue weighted by molar-refractivity contribution is 6.30. The SMILES string of the molecule is CCOC(C)CNc1nc(C(C)C)nc(Cl)c1C. The maximum atomic E-state index is 6.12. The van der Waals surface area contributed by atoms with Gasteiger partial charge in [0.1, 0.15) is 16.8 Å². The molecule has 1 unspecified atom stereocenters. The monoisotopic (exact) mass is 271 g/mol. The fraction of sp³-hybridized carbons (Fsp3) is 0.692. The first-order valence-corrected chi connectivity index (χ1v) is 6.73. The Morgan fingerprint density at radius 2 is 1.94 bits per heavy atom. The molecule has 1 rings (SSSR count). The first-order valence-electron chi connectivity index (χ1n) is 6.35. The molecular formula is C13H22ClN3O. The van der Waals surface area contributed by atoms with Crippen LogP contribution in [0.1, 0.15) is 45.0 Å². The summed E-state index contributed by atoms with van der Waals surface area (Å²) in [7, 11) is 0. The molecule has 18 heavy (non-hydrogen) atoms. The zero-order valence-electron chi connectivity index (χ0n) is 11.7. The number of nitrogens with one attached hydrogen (secondary N) is 1. The first-order chi connectivity index (χ1) is 8.45. The van der Waals surface area contributed by atoms with Crippen molar-refractivity contribution in [2.45, 2.75) is 46.6 Å². The Labute approximate surface area is 114 Å². The molecule has 1 atom stereocenters. The standard InChI is InChI=1S/C13H22ClN3O/c1-6-18-9(4)7-15-13-10(5)11(14)16-12(17-13)8(2)3/h8-9H,6-7H2,1-5H3,(H,15,16,17). The molecule has 1 aromatic rings. The van der Waals surface area contributed by atoms with Crippen molar-refractivity contribution in [2.75, 3.05) is 18.5 Å². The fourth-order valence-corrected chi connectivity index (χ4v) is 1.70. The van der Waals surface area contributed by atoms with E-state index in [1.54, 1.807) is 0 Å². The quantitative estimate of drug-likeness (QED) is 0.806. The summed E-state index contributed by atoms with van der Waals surface area (Å²) in [6, 6.07) is 0. The Morgan fingerprint density at radius 1 is 1.28 bits per heavy atom. The Hall–Kier alpha value is -0.870. The molecule has 4 nitrogen and oxygen atoms in total. The van der Waals surface area contributed by atoms with Gasteiger partial charge in [-0.3, -0.25) is 0 Å². The van der Waals surface area contributed by atoms with E-state index >= 15 is 0 Å². The normalized spacial score (nSPS) is 12.8. The molecule has 0 saturated heterocycles. The van der Waals surface area contributed by atoms with Gasteiger partial charge < -0.3 is 10.1 Å². The molecule has 0 aliphatic carbocycles. The predicted molar refractivity (Wildman–Crippen MR) is 75.4 cm³/mol. The van der Waals surface area contributed by atoms with Crippen LogP contribution in [0.5, 0.6) is 0 Å². The Kier molecular flexibility index (Phi) is 5.82. The van der Waals surface area contributed by atoms with Crippen molar-refractivity contribution in [2.24, 2.45) is 0 Å². The van der Waals surface area contributed by atoms with E-state index < -0.39 is 0 Å². The molecule has 0 aromatic carbocycles. The van der Waals surface area contributed by atoms with Gasteiger partial charge in [0, 0.05) is 24.6 Å². The first kappa shape index (κ1) is 15.2. The van der Waals surface area contributed by atoms with E-state index in [2.05, 4.69) is 15.3 Å². The van der Waals surface area contributed by atoms with Crippen molar-refractivity contribution >= 4 is 17.4 Å². The van der Waals surface area contributed by atoms with Crippen LogP contribution in [0.4, 0.5) is 5.82 Å². The summed E-state index contributed by atoms with van der Waals surface area (Å²) >= 11 is 6.12. The molecule has 102 valence electrons. The molecule has 0 bridgehead atoms. The van der Waals surface area contributed by atoms with Crippen LogP contribution in [0.3, 0.4) is 0 Å². The molecule has 0 amide bonds. The average Bonchev–Trinajstić information content (AvgIpc) is 2.31. The second-order valence-electron chi connectivity index (χ2n) is 4.65. The van der Waals surface area contributed by atoms with E-state index in [0.717, 1.165) is 17.2 Å². The molecular weight excluding hydrogens is 250 g/mol. The third-order valence-corrected chi connectivity index (χ3v) is 3.00. The van der Waals surface area contributed by atoms with Gasteiger partial charge in [0.05, 0.1) is 6.10 Å². The third kappa shape index (κ3) is 4.10. The zero-order chi connectivity index (χ0) is 13.7. The van der Waals surface area contributed by atoms with E-state index in [1.807, 2.05) is 34.6 Å². The second kappa shape index (κ2) is 6.90. The minimum atomic E-state index is 0.144. The molecule has 1 N–H and O–H groups in total. The summed E-state index contributed by atoms with van der Waals surface area (Å²) in [6.07, 6.45) is 0.144. The Bertz CT molecular complexity index is 396. The van der Waals surface area contributed by atoms with Gasteiger partial charge in [-0.05, 0) is 20.8 Å². The number of ether oxygens (including phenoxy) is 1. The van der Waals surface area contributed by atoms with Gasteiger partial charge >= 0.3 is 0 Å². The van der Waals surface area contributed by atoms with E-state index in [4.69, 9.17) is 16.3 Å². The van der Waals surface area contributed by atoms with E-state index in [1.165, 1.54) is 0 Å². The van der Waals surface area contributed by atoms with Crippen LogP contribution < -0.4 is 5.32 Å². The minimum Gasteiger partial charge on any atom is -0.377 e. The van der Waals surface area contributed by atoms with Crippen molar-refractivity contribution in [1.82, 2.24) is 9.97 Å². The number of hydrogen-bond acceptors (Lipinski definition) is 4. The Morgan fingerprint density at radius 3 is 2.50 bits per heavy atom. The predicted octanol–water partition coefficient (Wildman–Crippen LogP) is 3.40. The van der Waals surface area contributed by atoms with Crippen LogP contribution in [0.2, 0.25) is 5.15 Å². The van der Waals surface area contributed by atoms with Gasteiger partial charge in [0.15, 0.2) is 0 Å². The summed E-state index contributed by atoms with van der Waals surface area (Å²) in [4.78, 5) is 8.78. The van der Waals surface area contributed by atoms with Crippen LogP contribution in [-0.4, -0.2) is 29.2 Å². The highest BCUT2D eigenvalue weighted by Crippen LogP contribution is 2.22. The van der Waals surface area contributed by atoms with Gasteiger partial charge in [0.25, 0.3) is 0 Å². The van der Waals surface area contributed by atoms with Crippen molar-refractivity contribution in [3.8, 4) is 0 Å². The number of aromatic nitrogens is 2. The molecule has 0 saturated carbocycles. The second-order valence-corrected chi connectivity index (χ2v) is 5.01. The van der Waals surface area contributed by atoms with Gasteiger partial charge in [-0.1, -0.05) is 25.4 Å². The molecule has 0 aliphatic heterocycles. The number of anilines is 1. The maximum absolute atomic E-state index is 6.12. The fourth-order valence-electron chi connectivity index (χ4n) is 1.52. The molecule has 1 aromatic heterocycles. The zero-order valence-corrected chi connectivity index (χ0v) is 12.5. The van der Waals surface area contributed by atoms with Gasteiger partial charge in [0.2, 0.25) is 0 Å². The summed E-state index contributed by atoms with van der Waals surface area (Å²) in [5.74, 6) is 1.82. The van der Waals surface area contributed by atoms with Gasteiger partial charge in [-0.2, -0.15) is 0 Å². The van der Waals surface area contributed by atoms with Crippen LogP contribution in [-0.2, 0) is 4.74 Å². The lowest BCUT2D eigenvalue weighted by molar-refractivity contribution is 0.0854. The van der Waals surface area contributed by atoms with Crippen molar-refractivity contribution < 1.29 is 4.74 Å². The average molecular weight is 272 g/mol. The number of hydrogen-bond donors (Lipinski definition) is 1. The van der Waals surface area contributed by atoms with Crippen LogP contribution in [0.25, 0.3) is 0 Å². The highest BCUT2D eigenvalue weighted by atomic mass is 35.5. The topological polar surface area (TPSA) is 47.0 Å². The lowest BCUT2D eigenvalue weighted by Gasteiger charge is -2.16.